The van der Waals surface area contributed by atoms with Crippen molar-refractivity contribution < 1.29 is 4.39 Å². The molecular weight excluding hydrogens is 278 g/mol. The molecule has 0 saturated carbocycles. The van der Waals surface area contributed by atoms with Crippen LogP contribution in [0.3, 0.4) is 0 Å². The zero-order valence-corrected chi connectivity index (χ0v) is 11.3. The lowest BCUT2D eigenvalue weighted by atomic mass is 9.91. The van der Waals surface area contributed by atoms with Crippen LogP contribution in [0.15, 0.2) is 18.2 Å². The van der Waals surface area contributed by atoms with Crippen LogP contribution in [-0.2, 0) is 6.42 Å². The van der Waals surface area contributed by atoms with Gasteiger partial charge in [-0.15, -0.1) is 0 Å². The smallest absolute Gasteiger partial charge is 0.126 e. The molecule has 0 nitrogen and oxygen atoms in total. The molecule has 0 N–H and O–H groups in total. The summed E-state index contributed by atoms with van der Waals surface area (Å²) < 4.78 is 13.5. The fourth-order valence-electron chi connectivity index (χ4n) is 1.45. The number of benzene rings is 1. The van der Waals surface area contributed by atoms with Crippen molar-refractivity contribution in [1.82, 2.24) is 0 Å². The van der Waals surface area contributed by atoms with Crippen LogP contribution in [0.4, 0.5) is 4.39 Å². The van der Waals surface area contributed by atoms with Crippen LogP contribution >= 0.6 is 27.5 Å². The minimum absolute atomic E-state index is 0.161. The van der Waals surface area contributed by atoms with Gasteiger partial charge in [-0.1, -0.05) is 41.4 Å². The quantitative estimate of drug-likeness (QED) is 0.707. The Morgan fingerprint density at radius 1 is 1.40 bits per heavy atom. The molecule has 0 aliphatic carbocycles. The molecule has 84 valence electrons. The minimum Gasteiger partial charge on any atom is -0.207 e. The summed E-state index contributed by atoms with van der Waals surface area (Å²) in [5, 5.41) is 1.49. The predicted molar refractivity (Wildman–Crippen MR) is 67.2 cm³/mol. The third kappa shape index (κ3) is 3.76. The average molecular weight is 294 g/mol. The fraction of sp³-hybridized carbons (Fsp3) is 0.500. The Morgan fingerprint density at radius 3 is 2.60 bits per heavy atom. The molecule has 0 amide bonds. The Balaban J connectivity index is 2.82. The van der Waals surface area contributed by atoms with E-state index in [4.69, 9.17) is 11.6 Å². The second-order valence-corrected chi connectivity index (χ2v) is 5.18. The topological polar surface area (TPSA) is 0 Å². The van der Waals surface area contributed by atoms with Gasteiger partial charge < -0.3 is 0 Å². The summed E-state index contributed by atoms with van der Waals surface area (Å²) in [5.74, 6) is 0.812. The Labute approximate surface area is 104 Å². The number of rotatable bonds is 4. The van der Waals surface area contributed by atoms with E-state index in [1.807, 2.05) is 0 Å². The third-order valence-corrected chi connectivity index (χ3v) is 3.70. The van der Waals surface area contributed by atoms with Crippen molar-refractivity contribution in [2.45, 2.75) is 20.3 Å². The van der Waals surface area contributed by atoms with Crippen LogP contribution < -0.4 is 0 Å². The van der Waals surface area contributed by atoms with Gasteiger partial charge in [0, 0.05) is 10.4 Å². The van der Waals surface area contributed by atoms with Gasteiger partial charge in [-0.05, 0) is 42.0 Å². The van der Waals surface area contributed by atoms with E-state index in [2.05, 4.69) is 29.8 Å². The van der Waals surface area contributed by atoms with Crippen LogP contribution in [0.25, 0.3) is 0 Å². The molecule has 3 heteroatoms. The van der Waals surface area contributed by atoms with Crippen LogP contribution in [0, 0.1) is 17.7 Å². The summed E-state index contributed by atoms with van der Waals surface area (Å²) in [7, 11) is 0. The van der Waals surface area contributed by atoms with E-state index in [9.17, 15) is 4.39 Å². The first-order valence-electron chi connectivity index (χ1n) is 5.04. The molecule has 0 aromatic heterocycles. The molecule has 0 aliphatic rings. The number of hydrogen-bond donors (Lipinski definition) is 0. The monoisotopic (exact) mass is 292 g/mol. The summed E-state index contributed by atoms with van der Waals surface area (Å²) in [5.41, 5.74) is 0.709. The van der Waals surface area contributed by atoms with E-state index < -0.39 is 0 Å². The van der Waals surface area contributed by atoms with E-state index in [-0.39, 0.29) is 5.82 Å². The summed E-state index contributed by atoms with van der Waals surface area (Å²) in [4.78, 5) is 0. The minimum atomic E-state index is -0.161. The molecule has 15 heavy (non-hydrogen) atoms. The molecule has 1 aromatic carbocycles. The molecule has 0 aliphatic heterocycles. The standard InChI is InChI=1S/C12H15BrClF/c1-8(2)10(7-13)5-9-6-11(14)3-4-12(9)15/h3-4,6,8,10H,5,7H2,1-2H3. The maximum absolute atomic E-state index is 13.5. The first kappa shape index (κ1) is 13.0. The van der Waals surface area contributed by atoms with Crippen molar-refractivity contribution in [2.24, 2.45) is 11.8 Å². The van der Waals surface area contributed by atoms with Crippen molar-refractivity contribution >= 4 is 27.5 Å². The maximum atomic E-state index is 13.5. The van der Waals surface area contributed by atoms with Crippen molar-refractivity contribution in [3.63, 3.8) is 0 Å². The highest BCUT2D eigenvalue weighted by atomic mass is 79.9. The van der Waals surface area contributed by atoms with Crippen LogP contribution in [0.5, 0.6) is 0 Å². The Morgan fingerprint density at radius 2 is 2.07 bits per heavy atom. The van der Waals surface area contributed by atoms with Gasteiger partial charge in [-0.3, -0.25) is 0 Å². The second kappa shape index (κ2) is 5.86. The van der Waals surface area contributed by atoms with Crippen molar-refractivity contribution in [3.8, 4) is 0 Å². The van der Waals surface area contributed by atoms with Crippen molar-refractivity contribution in [3.05, 3.63) is 34.6 Å². The second-order valence-electron chi connectivity index (χ2n) is 4.10. The molecule has 1 rings (SSSR count). The van der Waals surface area contributed by atoms with E-state index in [1.54, 1.807) is 12.1 Å². The van der Waals surface area contributed by atoms with Gasteiger partial charge in [0.2, 0.25) is 0 Å². The highest BCUT2D eigenvalue weighted by molar-refractivity contribution is 9.09. The molecule has 0 saturated heterocycles. The first-order valence-corrected chi connectivity index (χ1v) is 6.54. The average Bonchev–Trinajstić information content (AvgIpc) is 2.18. The molecule has 1 aromatic rings. The number of halogens is 3. The highest BCUT2D eigenvalue weighted by Gasteiger charge is 2.15. The SMILES string of the molecule is CC(C)C(CBr)Cc1cc(Cl)ccc1F. The van der Waals surface area contributed by atoms with Gasteiger partial charge in [0.1, 0.15) is 5.82 Å². The lowest BCUT2D eigenvalue weighted by Gasteiger charge is -2.18. The predicted octanol–water partition coefficient (Wildman–Crippen LogP) is 4.69. The van der Waals surface area contributed by atoms with Gasteiger partial charge in [-0.25, -0.2) is 4.39 Å². The Kier molecular flexibility index (Phi) is 5.07. The molecule has 0 spiro atoms. The summed E-state index contributed by atoms with van der Waals surface area (Å²) in [6.45, 7) is 4.29. The van der Waals surface area contributed by atoms with Crippen LogP contribution in [0.1, 0.15) is 19.4 Å². The Bertz CT molecular complexity index is 325. The molecule has 0 radical (unpaired) electrons. The van der Waals surface area contributed by atoms with Gasteiger partial charge in [0.15, 0.2) is 0 Å². The van der Waals surface area contributed by atoms with E-state index in [0.29, 0.717) is 22.4 Å². The van der Waals surface area contributed by atoms with E-state index in [0.717, 1.165) is 11.8 Å². The molecule has 1 unspecified atom stereocenters. The molecule has 0 fully saturated rings. The normalized spacial score (nSPS) is 13.2. The molecular formula is C12H15BrClF. The van der Waals surface area contributed by atoms with Gasteiger partial charge in [0.25, 0.3) is 0 Å². The highest BCUT2D eigenvalue weighted by Crippen LogP contribution is 2.23. The van der Waals surface area contributed by atoms with Gasteiger partial charge >= 0.3 is 0 Å². The van der Waals surface area contributed by atoms with Crippen molar-refractivity contribution in [2.75, 3.05) is 5.33 Å². The van der Waals surface area contributed by atoms with Gasteiger partial charge in [-0.2, -0.15) is 0 Å². The summed E-state index contributed by atoms with van der Waals surface area (Å²) in [6.07, 6.45) is 0.731. The number of hydrogen-bond acceptors (Lipinski definition) is 0. The lowest BCUT2D eigenvalue weighted by molar-refractivity contribution is 0.420. The fourth-order valence-corrected chi connectivity index (χ4v) is 2.62. The molecule has 1 atom stereocenters. The lowest BCUT2D eigenvalue weighted by Crippen LogP contribution is -2.14. The van der Waals surface area contributed by atoms with E-state index in [1.165, 1.54) is 6.07 Å². The van der Waals surface area contributed by atoms with Gasteiger partial charge in [0.05, 0.1) is 0 Å². The van der Waals surface area contributed by atoms with Crippen LogP contribution in [-0.4, -0.2) is 5.33 Å². The maximum Gasteiger partial charge on any atom is 0.126 e. The summed E-state index contributed by atoms with van der Waals surface area (Å²) >= 11 is 9.31. The van der Waals surface area contributed by atoms with E-state index >= 15 is 0 Å². The third-order valence-electron chi connectivity index (χ3n) is 2.63. The van der Waals surface area contributed by atoms with Crippen molar-refractivity contribution in [1.29, 1.82) is 0 Å². The zero-order chi connectivity index (χ0) is 11.4. The zero-order valence-electron chi connectivity index (χ0n) is 8.93. The first-order chi connectivity index (χ1) is 7.04. The molecule has 0 bridgehead atoms. The number of alkyl halides is 1. The van der Waals surface area contributed by atoms with Crippen LogP contribution in [0.2, 0.25) is 5.02 Å². The Hall–Kier alpha value is -0.0800. The largest absolute Gasteiger partial charge is 0.207 e. The summed E-state index contributed by atoms with van der Waals surface area (Å²) in [6, 6.07) is 4.73. The molecule has 0 heterocycles.